The van der Waals surface area contributed by atoms with Gasteiger partial charge in [0.25, 0.3) is 0 Å². The minimum atomic E-state index is -1.26. The van der Waals surface area contributed by atoms with Crippen LogP contribution in [0.25, 0.3) is 0 Å². The molecule has 1 saturated heterocycles. The van der Waals surface area contributed by atoms with Crippen molar-refractivity contribution in [2.45, 2.75) is 53.5 Å². The van der Waals surface area contributed by atoms with Crippen LogP contribution in [0.5, 0.6) is 0 Å². The van der Waals surface area contributed by atoms with Crippen molar-refractivity contribution >= 4 is 21.6 Å². The van der Waals surface area contributed by atoms with Gasteiger partial charge in [0.2, 0.25) is 0 Å². The fourth-order valence-corrected chi connectivity index (χ4v) is 6.86. The topological polar surface area (TPSA) is 52.6 Å². The van der Waals surface area contributed by atoms with Crippen LogP contribution in [0, 0.1) is 0 Å². The van der Waals surface area contributed by atoms with Gasteiger partial charge in [-0.1, -0.05) is 24.3 Å². The van der Waals surface area contributed by atoms with E-state index in [0.29, 0.717) is 9.79 Å². The first-order chi connectivity index (χ1) is 11.2. The highest BCUT2D eigenvalue weighted by Gasteiger charge is 2.51. The van der Waals surface area contributed by atoms with Gasteiger partial charge in [-0.15, -0.1) is 0 Å². The van der Waals surface area contributed by atoms with Crippen LogP contribution < -0.4 is 0 Å². The van der Waals surface area contributed by atoms with Crippen molar-refractivity contribution in [2.24, 2.45) is 0 Å². The van der Waals surface area contributed by atoms with Crippen molar-refractivity contribution in [2.75, 3.05) is 11.5 Å². The second-order valence-corrected chi connectivity index (χ2v) is 9.11. The third-order valence-corrected chi connectivity index (χ3v) is 7.82. The summed E-state index contributed by atoms with van der Waals surface area (Å²) in [5.41, 5.74) is 0. The normalized spacial score (nSPS) is 37.2. The number of hydrogen-bond donors (Lipinski definition) is 0. The first-order valence-electron chi connectivity index (χ1n) is 8.03. The summed E-state index contributed by atoms with van der Waals surface area (Å²) in [6.45, 7) is 0. The zero-order chi connectivity index (χ0) is 15.9. The highest BCUT2D eigenvalue weighted by atomic mass is 32.2. The van der Waals surface area contributed by atoms with Gasteiger partial charge in [0, 0.05) is 0 Å². The average molecular weight is 352 g/mol. The molecule has 124 valence electrons. The van der Waals surface area contributed by atoms with Gasteiger partial charge in [-0.05, 0) is 37.8 Å². The molecule has 2 heterocycles. The van der Waals surface area contributed by atoms with Gasteiger partial charge in [0.05, 0.1) is 55.1 Å². The second kappa shape index (κ2) is 6.24. The van der Waals surface area contributed by atoms with Crippen molar-refractivity contribution in [3.8, 4) is 0 Å². The molecule has 1 aromatic rings. The number of fused-ring (bicyclic) bond motifs is 2. The van der Waals surface area contributed by atoms with E-state index in [1.165, 1.54) is 0 Å². The number of hydrogen-bond acceptors (Lipinski definition) is 4. The third kappa shape index (κ3) is 2.97. The Kier molecular flexibility index (Phi) is 4.26. The van der Waals surface area contributed by atoms with Crippen molar-refractivity contribution < 1.29 is 17.9 Å². The van der Waals surface area contributed by atoms with Crippen molar-refractivity contribution in [1.29, 1.82) is 0 Å². The Morgan fingerprint density at radius 1 is 0.870 bits per heavy atom. The van der Waals surface area contributed by atoms with Crippen LogP contribution in [0.1, 0.15) is 25.7 Å². The monoisotopic (exact) mass is 352 g/mol. The lowest BCUT2D eigenvalue weighted by atomic mass is 10.0. The summed E-state index contributed by atoms with van der Waals surface area (Å²) in [6.07, 6.45) is 8.11. The highest BCUT2D eigenvalue weighted by Crippen LogP contribution is 2.39. The number of benzene rings is 1. The maximum atomic E-state index is 12.8. The van der Waals surface area contributed by atoms with E-state index in [2.05, 4.69) is 12.2 Å². The fraction of sp³-hybridized carbons (Fsp3) is 0.529. The Balaban J connectivity index is 1.64. The molecule has 2 aliphatic heterocycles. The summed E-state index contributed by atoms with van der Waals surface area (Å²) in [6, 6.07) is 7.26. The molecule has 1 spiro atoms. The Bertz CT molecular complexity index is 628. The van der Waals surface area contributed by atoms with Gasteiger partial charge >= 0.3 is 0 Å². The van der Waals surface area contributed by atoms with Crippen LogP contribution in [0.3, 0.4) is 0 Å². The number of allylic oxidation sites excluding steroid dienone is 2. The van der Waals surface area contributed by atoms with E-state index in [-0.39, 0.29) is 23.7 Å². The largest absolute Gasteiger partial charge is 0.342 e. The van der Waals surface area contributed by atoms with Gasteiger partial charge in [0.15, 0.2) is 5.79 Å². The molecule has 1 aromatic carbocycles. The summed E-state index contributed by atoms with van der Waals surface area (Å²) in [4.78, 5) is 1.31. The third-order valence-electron chi connectivity index (χ3n) is 4.59. The molecule has 1 aliphatic carbocycles. The summed E-state index contributed by atoms with van der Waals surface area (Å²) >= 11 is 0. The lowest BCUT2D eigenvalue weighted by molar-refractivity contribution is -0.139. The quantitative estimate of drug-likeness (QED) is 0.673. The minimum absolute atomic E-state index is 0.00941. The van der Waals surface area contributed by atoms with Gasteiger partial charge in [-0.3, -0.25) is 8.42 Å². The SMILES string of the molecule is O=[S@@]1CC2(C[S@@](=O)c3ccccc31)O[C@H]1CC/C=C\CC[C@H]1O2. The zero-order valence-corrected chi connectivity index (χ0v) is 14.4. The molecule has 0 aromatic heterocycles. The lowest BCUT2D eigenvalue weighted by Gasteiger charge is -2.25. The van der Waals surface area contributed by atoms with Crippen LogP contribution in [0.4, 0.5) is 0 Å². The van der Waals surface area contributed by atoms with E-state index in [1.807, 2.05) is 12.1 Å². The Hall–Kier alpha value is -0.820. The molecule has 23 heavy (non-hydrogen) atoms. The van der Waals surface area contributed by atoms with Crippen molar-refractivity contribution in [3.05, 3.63) is 36.4 Å². The molecule has 0 N–H and O–H groups in total. The average Bonchev–Trinajstić information content (AvgIpc) is 2.79. The summed E-state index contributed by atoms with van der Waals surface area (Å²) < 4.78 is 38.0. The van der Waals surface area contributed by atoms with Gasteiger partial charge in [-0.2, -0.15) is 0 Å². The first-order valence-corrected chi connectivity index (χ1v) is 10.7. The van der Waals surface area contributed by atoms with E-state index in [9.17, 15) is 8.42 Å². The molecule has 1 fully saturated rings. The zero-order valence-electron chi connectivity index (χ0n) is 12.8. The summed E-state index contributed by atoms with van der Waals surface area (Å²) in [7, 11) is -2.53. The molecule has 4 nitrogen and oxygen atoms in total. The molecule has 0 unspecified atom stereocenters. The van der Waals surface area contributed by atoms with E-state index >= 15 is 0 Å². The molecule has 3 aliphatic rings. The van der Waals surface area contributed by atoms with Gasteiger partial charge < -0.3 is 9.47 Å². The Labute approximate surface area is 141 Å². The fourth-order valence-electron chi connectivity index (χ4n) is 3.54. The minimum Gasteiger partial charge on any atom is -0.342 e. The predicted molar refractivity (Wildman–Crippen MR) is 89.1 cm³/mol. The standard InChI is InChI=1S/C17H20O4S2/c18-22-11-17(12-23(19)16-10-6-5-9-15(16)22)20-13-7-3-1-2-4-8-14(13)21-17/h1-2,5-6,9-10,13-14H,3-4,7-8,11-12H2/b2-1-/t13-,14+,22-,23-/m1/s1. The van der Waals surface area contributed by atoms with Crippen LogP contribution in [0.15, 0.2) is 46.2 Å². The molecule has 4 atom stereocenters. The number of rotatable bonds is 0. The molecular formula is C17H20O4S2. The van der Waals surface area contributed by atoms with Crippen LogP contribution in [-0.4, -0.2) is 37.9 Å². The van der Waals surface area contributed by atoms with E-state index in [1.54, 1.807) is 12.1 Å². The van der Waals surface area contributed by atoms with Crippen molar-refractivity contribution in [1.82, 2.24) is 0 Å². The van der Waals surface area contributed by atoms with Crippen LogP contribution >= 0.6 is 0 Å². The maximum Gasteiger partial charge on any atom is 0.192 e. The molecule has 6 heteroatoms. The molecular weight excluding hydrogens is 332 g/mol. The molecule has 0 amide bonds. The molecule has 0 bridgehead atoms. The summed E-state index contributed by atoms with van der Waals surface area (Å²) in [5.74, 6) is -0.458. The van der Waals surface area contributed by atoms with Crippen LogP contribution in [0.2, 0.25) is 0 Å². The Morgan fingerprint density at radius 2 is 1.35 bits per heavy atom. The van der Waals surface area contributed by atoms with E-state index in [4.69, 9.17) is 9.47 Å². The number of ether oxygens (including phenoxy) is 2. The van der Waals surface area contributed by atoms with E-state index < -0.39 is 27.4 Å². The van der Waals surface area contributed by atoms with Gasteiger partial charge in [-0.25, -0.2) is 0 Å². The molecule has 0 radical (unpaired) electrons. The second-order valence-electron chi connectivity index (χ2n) is 6.28. The first kappa shape index (κ1) is 15.7. The van der Waals surface area contributed by atoms with Gasteiger partial charge in [0.1, 0.15) is 0 Å². The van der Waals surface area contributed by atoms with E-state index in [0.717, 1.165) is 25.7 Å². The smallest absolute Gasteiger partial charge is 0.192 e. The van der Waals surface area contributed by atoms with Crippen LogP contribution in [-0.2, 0) is 31.1 Å². The molecule has 0 saturated carbocycles. The maximum absolute atomic E-state index is 12.8. The highest BCUT2D eigenvalue weighted by molar-refractivity contribution is 7.89. The molecule has 4 rings (SSSR count). The predicted octanol–water partition coefficient (Wildman–Crippen LogP) is 2.53. The van der Waals surface area contributed by atoms with Crippen molar-refractivity contribution in [3.63, 3.8) is 0 Å². The lowest BCUT2D eigenvalue weighted by Crippen LogP contribution is -2.41. The summed E-state index contributed by atoms with van der Waals surface area (Å²) in [5, 5.41) is 0. The Morgan fingerprint density at radius 3 is 1.83 bits per heavy atom.